The predicted molar refractivity (Wildman–Crippen MR) is 55.4 cm³/mol. The highest BCUT2D eigenvalue weighted by atomic mass is 32.1. The van der Waals surface area contributed by atoms with Crippen LogP contribution in [-0.4, -0.2) is 5.78 Å². The third-order valence-corrected chi connectivity index (χ3v) is 3.68. The van der Waals surface area contributed by atoms with Gasteiger partial charge in [0.2, 0.25) is 0 Å². The molecule has 1 unspecified atom stereocenters. The Morgan fingerprint density at radius 3 is 3.14 bits per heavy atom. The lowest BCUT2D eigenvalue weighted by Crippen LogP contribution is -2.10. The quantitative estimate of drug-likeness (QED) is 0.611. The summed E-state index contributed by atoms with van der Waals surface area (Å²) in [6.45, 7) is 2.01. The summed E-state index contributed by atoms with van der Waals surface area (Å²) < 4.78 is 0. The van der Waals surface area contributed by atoms with E-state index in [1.165, 1.54) is 9.75 Å². The summed E-state index contributed by atoms with van der Waals surface area (Å²) in [7, 11) is 0. The Morgan fingerprint density at radius 1 is 1.64 bits per heavy atom. The topological polar surface area (TPSA) is 40.9 Å². The lowest BCUT2D eigenvalue weighted by Gasteiger charge is -2.01. The molecule has 0 amide bonds. The monoisotopic (exact) mass is 205 g/mol. The molecule has 1 heterocycles. The molecule has 0 fully saturated rings. The van der Waals surface area contributed by atoms with E-state index in [0.29, 0.717) is 0 Å². The zero-order valence-corrected chi connectivity index (χ0v) is 8.86. The van der Waals surface area contributed by atoms with Crippen LogP contribution in [0.2, 0.25) is 0 Å². The number of aryl methyl sites for hydroxylation is 2. The van der Waals surface area contributed by atoms with Gasteiger partial charge in [-0.3, -0.25) is 4.79 Å². The molecule has 3 heteroatoms. The summed E-state index contributed by atoms with van der Waals surface area (Å²) in [4.78, 5) is 14.2. The van der Waals surface area contributed by atoms with Crippen molar-refractivity contribution in [2.75, 3.05) is 0 Å². The smallest absolute Gasteiger partial charge is 0.181 e. The summed E-state index contributed by atoms with van der Waals surface area (Å²) in [5.74, 6) is -0.380. The molecule has 2 rings (SSSR count). The fraction of sp³-hybridized carbons (Fsp3) is 0.455. The van der Waals surface area contributed by atoms with Crippen LogP contribution in [0.3, 0.4) is 0 Å². The molecule has 0 radical (unpaired) electrons. The molecule has 0 N–H and O–H groups in total. The lowest BCUT2D eigenvalue weighted by molar-refractivity contribution is 0.0947. The van der Waals surface area contributed by atoms with Crippen molar-refractivity contribution < 1.29 is 4.79 Å². The van der Waals surface area contributed by atoms with Crippen molar-refractivity contribution >= 4 is 17.1 Å². The van der Waals surface area contributed by atoms with Crippen LogP contribution < -0.4 is 0 Å². The van der Waals surface area contributed by atoms with E-state index in [1.807, 2.05) is 13.0 Å². The molecule has 72 valence electrons. The van der Waals surface area contributed by atoms with Gasteiger partial charge in [0.25, 0.3) is 0 Å². The average molecular weight is 205 g/mol. The average Bonchev–Trinajstić information content (AvgIpc) is 2.47. The standard InChI is InChI=1S/C11H11NOS/c1-7-5-9-10(14-7)4-2-3-8(6-12)11(9)13/h5,8H,2-4H2,1H3. The van der Waals surface area contributed by atoms with Gasteiger partial charge in [-0.2, -0.15) is 5.26 Å². The van der Waals surface area contributed by atoms with Gasteiger partial charge in [-0.05, 0) is 32.3 Å². The van der Waals surface area contributed by atoms with Crippen LogP contribution in [0.15, 0.2) is 6.07 Å². The minimum Gasteiger partial charge on any atom is -0.293 e. The summed E-state index contributed by atoms with van der Waals surface area (Å²) in [5, 5.41) is 8.85. The van der Waals surface area contributed by atoms with Gasteiger partial charge in [0, 0.05) is 15.3 Å². The highest BCUT2D eigenvalue weighted by Gasteiger charge is 2.26. The summed E-state index contributed by atoms with van der Waals surface area (Å²) >= 11 is 1.69. The molecule has 1 atom stereocenters. The Labute approximate surface area is 87.2 Å². The van der Waals surface area contributed by atoms with Gasteiger partial charge < -0.3 is 0 Å². The Bertz CT molecular complexity index is 413. The first kappa shape index (κ1) is 9.42. The van der Waals surface area contributed by atoms with Crippen LogP contribution in [0.25, 0.3) is 0 Å². The van der Waals surface area contributed by atoms with Crippen molar-refractivity contribution in [1.82, 2.24) is 0 Å². The predicted octanol–water partition coefficient (Wildman–Crippen LogP) is 2.72. The normalized spacial score (nSPS) is 21.1. The zero-order valence-electron chi connectivity index (χ0n) is 8.04. The Morgan fingerprint density at radius 2 is 2.43 bits per heavy atom. The molecular weight excluding hydrogens is 194 g/mol. The number of nitriles is 1. The summed E-state index contributed by atoms with van der Waals surface area (Å²) in [5.41, 5.74) is 0.802. The molecule has 0 spiro atoms. The first-order valence-corrected chi connectivity index (χ1v) is 5.57. The van der Waals surface area contributed by atoms with Gasteiger partial charge in [0.1, 0.15) is 5.92 Å². The molecule has 1 aromatic rings. The molecule has 14 heavy (non-hydrogen) atoms. The molecule has 0 aromatic carbocycles. The second kappa shape index (κ2) is 3.55. The fourth-order valence-electron chi connectivity index (χ4n) is 1.87. The van der Waals surface area contributed by atoms with Crippen molar-refractivity contribution in [3.8, 4) is 6.07 Å². The van der Waals surface area contributed by atoms with Gasteiger partial charge >= 0.3 is 0 Å². The van der Waals surface area contributed by atoms with Gasteiger partial charge in [0.05, 0.1) is 6.07 Å². The molecule has 1 aromatic heterocycles. The zero-order chi connectivity index (χ0) is 10.1. The maximum Gasteiger partial charge on any atom is 0.181 e. The van der Waals surface area contributed by atoms with E-state index < -0.39 is 5.92 Å². The second-order valence-corrected chi connectivity index (χ2v) is 4.97. The molecule has 1 aliphatic rings. The van der Waals surface area contributed by atoms with Crippen LogP contribution in [0.4, 0.5) is 0 Å². The third kappa shape index (κ3) is 1.46. The number of carbonyl (C=O) groups is 1. The van der Waals surface area contributed by atoms with E-state index in [4.69, 9.17) is 5.26 Å². The largest absolute Gasteiger partial charge is 0.293 e. The first-order chi connectivity index (χ1) is 6.72. The van der Waals surface area contributed by atoms with E-state index in [2.05, 4.69) is 6.07 Å². The van der Waals surface area contributed by atoms with Crippen LogP contribution in [0.5, 0.6) is 0 Å². The number of hydrogen-bond acceptors (Lipinski definition) is 3. The van der Waals surface area contributed by atoms with Gasteiger partial charge in [-0.15, -0.1) is 11.3 Å². The van der Waals surface area contributed by atoms with E-state index >= 15 is 0 Å². The van der Waals surface area contributed by atoms with E-state index in [1.54, 1.807) is 11.3 Å². The number of nitrogens with zero attached hydrogens (tertiary/aromatic N) is 1. The number of Topliss-reactive ketones (excluding diaryl/α,β-unsaturated/α-hetero) is 1. The van der Waals surface area contributed by atoms with Crippen molar-refractivity contribution in [2.24, 2.45) is 5.92 Å². The molecule has 0 aliphatic heterocycles. The molecular formula is C11H11NOS. The van der Waals surface area contributed by atoms with Crippen molar-refractivity contribution in [3.63, 3.8) is 0 Å². The minimum atomic E-state index is -0.412. The van der Waals surface area contributed by atoms with Crippen LogP contribution in [0.1, 0.15) is 33.0 Å². The summed E-state index contributed by atoms with van der Waals surface area (Å²) in [6.07, 6.45) is 2.63. The molecule has 0 bridgehead atoms. The maximum absolute atomic E-state index is 11.9. The SMILES string of the molecule is Cc1cc2c(s1)CCCC(C#N)C2=O. The van der Waals surface area contributed by atoms with Crippen molar-refractivity contribution in [3.05, 3.63) is 21.4 Å². The van der Waals surface area contributed by atoms with Crippen LogP contribution in [0, 0.1) is 24.2 Å². The number of hydrogen-bond donors (Lipinski definition) is 0. The molecule has 2 nitrogen and oxygen atoms in total. The maximum atomic E-state index is 11.9. The fourth-order valence-corrected chi connectivity index (χ4v) is 2.95. The van der Waals surface area contributed by atoms with Crippen molar-refractivity contribution in [2.45, 2.75) is 26.2 Å². The number of rotatable bonds is 0. The Hall–Kier alpha value is -1.14. The number of fused-ring (bicyclic) bond motifs is 1. The van der Waals surface area contributed by atoms with E-state index in [0.717, 1.165) is 24.8 Å². The lowest BCUT2D eigenvalue weighted by atomic mass is 9.98. The summed E-state index contributed by atoms with van der Waals surface area (Å²) in [6, 6.07) is 4.03. The van der Waals surface area contributed by atoms with Gasteiger partial charge in [0.15, 0.2) is 5.78 Å². The van der Waals surface area contributed by atoms with E-state index in [9.17, 15) is 4.79 Å². The Kier molecular flexibility index (Phi) is 2.39. The molecule has 1 aliphatic carbocycles. The van der Waals surface area contributed by atoms with Gasteiger partial charge in [-0.25, -0.2) is 0 Å². The number of ketones is 1. The number of thiophene rings is 1. The van der Waals surface area contributed by atoms with Gasteiger partial charge in [-0.1, -0.05) is 0 Å². The first-order valence-electron chi connectivity index (χ1n) is 4.75. The number of carbonyl (C=O) groups excluding carboxylic acids is 1. The minimum absolute atomic E-state index is 0.0318. The van der Waals surface area contributed by atoms with E-state index in [-0.39, 0.29) is 5.78 Å². The highest BCUT2D eigenvalue weighted by Crippen LogP contribution is 2.30. The second-order valence-electron chi connectivity index (χ2n) is 3.63. The molecule has 0 saturated heterocycles. The molecule has 0 saturated carbocycles. The Balaban J connectivity index is 2.45. The third-order valence-electron chi connectivity index (χ3n) is 2.57. The van der Waals surface area contributed by atoms with Crippen LogP contribution in [-0.2, 0) is 6.42 Å². The van der Waals surface area contributed by atoms with Crippen LogP contribution >= 0.6 is 11.3 Å². The van der Waals surface area contributed by atoms with Crippen molar-refractivity contribution in [1.29, 1.82) is 5.26 Å². The highest BCUT2D eigenvalue weighted by molar-refractivity contribution is 7.12.